The van der Waals surface area contributed by atoms with E-state index in [2.05, 4.69) is 81.5 Å². The van der Waals surface area contributed by atoms with Crippen LogP contribution in [0.2, 0.25) is 0 Å². The fourth-order valence-electron chi connectivity index (χ4n) is 4.62. The van der Waals surface area contributed by atoms with Gasteiger partial charge in [0.15, 0.2) is 0 Å². The summed E-state index contributed by atoms with van der Waals surface area (Å²) in [5.74, 6) is 0. The quantitative estimate of drug-likeness (QED) is 0.530. The van der Waals surface area contributed by atoms with E-state index in [-0.39, 0.29) is 11.6 Å². The number of nitrogens with zero attached hydrogens (tertiary/aromatic N) is 2. The maximum absolute atomic E-state index is 12.6. The Kier molecular flexibility index (Phi) is 5.65. The third kappa shape index (κ3) is 4.31. The topological polar surface area (TPSA) is 39.3 Å². The first kappa shape index (κ1) is 19.7. The van der Waals surface area contributed by atoms with Crippen molar-refractivity contribution in [1.82, 2.24) is 14.8 Å². The summed E-state index contributed by atoms with van der Waals surface area (Å²) in [4.78, 5) is 20.5. The first-order valence-corrected chi connectivity index (χ1v) is 11.0. The number of aromatic amines is 1. The molecule has 0 spiro atoms. The van der Waals surface area contributed by atoms with Gasteiger partial charge in [-0.25, -0.2) is 0 Å². The van der Waals surface area contributed by atoms with Gasteiger partial charge in [-0.2, -0.15) is 0 Å². The van der Waals surface area contributed by atoms with Crippen molar-refractivity contribution in [3.63, 3.8) is 0 Å². The molecule has 1 saturated heterocycles. The van der Waals surface area contributed by atoms with Gasteiger partial charge in [0.1, 0.15) is 0 Å². The zero-order valence-electron chi connectivity index (χ0n) is 17.6. The van der Waals surface area contributed by atoms with Gasteiger partial charge in [0.2, 0.25) is 0 Å². The molecular formula is C27H27N3O. The molecule has 31 heavy (non-hydrogen) atoms. The number of nitrogens with one attached hydrogen (secondary N) is 1. The van der Waals surface area contributed by atoms with Gasteiger partial charge in [0.25, 0.3) is 5.56 Å². The Bertz CT molecular complexity index is 1160. The molecular weight excluding hydrogens is 382 g/mol. The summed E-state index contributed by atoms with van der Waals surface area (Å²) in [6.07, 6.45) is 0. The van der Waals surface area contributed by atoms with Gasteiger partial charge in [0, 0.05) is 43.8 Å². The predicted octanol–water partition coefficient (Wildman–Crippen LogP) is 4.44. The molecule has 4 aromatic rings. The molecule has 156 valence electrons. The Labute approximate surface area is 182 Å². The third-order valence-corrected chi connectivity index (χ3v) is 6.23. The van der Waals surface area contributed by atoms with E-state index in [1.54, 1.807) is 0 Å². The minimum absolute atomic E-state index is 0.0209. The fourth-order valence-corrected chi connectivity index (χ4v) is 4.62. The molecule has 1 aliphatic heterocycles. The van der Waals surface area contributed by atoms with Crippen molar-refractivity contribution in [1.29, 1.82) is 0 Å². The lowest BCUT2D eigenvalue weighted by atomic mass is 9.96. The van der Waals surface area contributed by atoms with Gasteiger partial charge < -0.3 is 4.98 Å². The third-order valence-electron chi connectivity index (χ3n) is 6.23. The summed E-state index contributed by atoms with van der Waals surface area (Å²) >= 11 is 0. The number of rotatable bonds is 5. The van der Waals surface area contributed by atoms with Crippen LogP contribution in [-0.2, 0) is 6.54 Å². The van der Waals surface area contributed by atoms with E-state index < -0.39 is 0 Å². The lowest BCUT2D eigenvalue weighted by Gasteiger charge is -2.39. The molecule has 1 fully saturated rings. The van der Waals surface area contributed by atoms with E-state index in [4.69, 9.17) is 0 Å². The van der Waals surface area contributed by atoms with Crippen LogP contribution < -0.4 is 5.56 Å². The SMILES string of the molecule is O=c1[nH]c2ccccc2cc1CN1CCN(C(c2ccccc2)c2ccccc2)CC1. The Morgan fingerprint density at radius 1 is 0.742 bits per heavy atom. The number of hydrogen-bond donors (Lipinski definition) is 1. The van der Waals surface area contributed by atoms with Gasteiger partial charge in [-0.05, 0) is 28.6 Å². The number of aromatic nitrogens is 1. The Morgan fingerprint density at radius 3 is 1.97 bits per heavy atom. The molecule has 4 heteroatoms. The Morgan fingerprint density at radius 2 is 1.32 bits per heavy atom. The highest BCUT2D eigenvalue weighted by Gasteiger charge is 2.26. The lowest BCUT2D eigenvalue weighted by Crippen LogP contribution is -2.47. The number of pyridine rings is 1. The molecule has 0 atom stereocenters. The molecule has 3 aromatic carbocycles. The number of fused-ring (bicyclic) bond motifs is 1. The van der Waals surface area contributed by atoms with Crippen molar-refractivity contribution >= 4 is 10.9 Å². The second kappa shape index (κ2) is 8.88. The van der Waals surface area contributed by atoms with E-state index in [9.17, 15) is 4.79 Å². The molecule has 2 heterocycles. The van der Waals surface area contributed by atoms with E-state index in [1.807, 2.05) is 24.3 Å². The average Bonchev–Trinajstić information content (AvgIpc) is 2.82. The maximum Gasteiger partial charge on any atom is 0.252 e. The Hall–Kier alpha value is -3.21. The first-order valence-electron chi connectivity index (χ1n) is 11.0. The van der Waals surface area contributed by atoms with E-state index in [0.29, 0.717) is 6.54 Å². The van der Waals surface area contributed by atoms with Gasteiger partial charge in [0.05, 0.1) is 6.04 Å². The van der Waals surface area contributed by atoms with Crippen LogP contribution in [0, 0.1) is 0 Å². The molecule has 4 nitrogen and oxygen atoms in total. The molecule has 1 aromatic heterocycles. The lowest BCUT2D eigenvalue weighted by molar-refractivity contribution is 0.104. The summed E-state index contributed by atoms with van der Waals surface area (Å²) in [6, 6.07) is 31.8. The molecule has 0 saturated carbocycles. The molecule has 0 amide bonds. The van der Waals surface area contributed by atoms with E-state index in [1.165, 1.54) is 11.1 Å². The Balaban J connectivity index is 1.32. The van der Waals surface area contributed by atoms with Crippen LogP contribution in [0.25, 0.3) is 10.9 Å². The van der Waals surface area contributed by atoms with Crippen LogP contribution in [0.3, 0.4) is 0 Å². The summed E-state index contributed by atoms with van der Waals surface area (Å²) in [7, 11) is 0. The summed E-state index contributed by atoms with van der Waals surface area (Å²) in [6.45, 7) is 4.53. The molecule has 5 rings (SSSR count). The normalized spacial score (nSPS) is 15.5. The molecule has 1 N–H and O–H groups in total. The number of H-pyrrole nitrogens is 1. The number of para-hydroxylation sites is 1. The van der Waals surface area contributed by atoms with Gasteiger partial charge >= 0.3 is 0 Å². The summed E-state index contributed by atoms with van der Waals surface area (Å²) in [5, 5.41) is 1.09. The van der Waals surface area contributed by atoms with Gasteiger partial charge in [-0.1, -0.05) is 78.9 Å². The number of piperazine rings is 1. The largest absolute Gasteiger partial charge is 0.322 e. The van der Waals surface area contributed by atoms with Crippen molar-refractivity contribution in [2.75, 3.05) is 26.2 Å². The van der Waals surface area contributed by atoms with Crippen molar-refractivity contribution in [3.8, 4) is 0 Å². The molecule has 0 bridgehead atoms. The van der Waals surface area contributed by atoms with Crippen molar-refractivity contribution in [3.05, 3.63) is 118 Å². The molecule has 0 aliphatic carbocycles. The zero-order chi connectivity index (χ0) is 21.0. The average molecular weight is 410 g/mol. The fraction of sp³-hybridized carbons (Fsp3) is 0.222. The summed E-state index contributed by atoms with van der Waals surface area (Å²) < 4.78 is 0. The molecule has 0 unspecified atom stereocenters. The van der Waals surface area contributed by atoms with Crippen molar-refractivity contribution in [2.24, 2.45) is 0 Å². The van der Waals surface area contributed by atoms with Crippen LogP contribution >= 0.6 is 0 Å². The van der Waals surface area contributed by atoms with Gasteiger partial charge in [-0.3, -0.25) is 14.6 Å². The van der Waals surface area contributed by atoms with Crippen LogP contribution in [0.15, 0.2) is 95.8 Å². The second-order valence-electron chi connectivity index (χ2n) is 8.25. The highest BCUT2D eigenvalue weighted by molar-refractivity contribution is 5.78. The smallest absolute Gasteiger partial charge is 0.252 e. The monoisotopic (exact) mass is 409 g/mol. The highest BCUT2D eigenvalue weighted by Crippen LogP contribution is 2.29. The highest BCUT2D eigenvalue weighted by atomic mass is 16.1. The van der Waals surface area contributed by atoms with Crippen molar-refractivity contribution in [2.45, 2.75) is 12.6 Å². The minimum Gasteiger partial charge on any atom is -0.322 e. The zero-order valence-corrected chi connectivity index (χ0v) is 17.6. The molecule has 0 radical (unpaired) electrons. The van der Waals surface area contributed by atoms with Crippen LogP contribution in [0.4, 0.5) is 0 Å². The first-order chi connectivity index (χ1) is 15.3. The molecule has 1 aliphatic rings. The minimum atomic E-state index is 0.0209. The maximum atomic E-state index is 12.6. The van der Waals surface area contributed by atoms with Crippen LogP contribution in [-0.4, -0.2) is 41.0 Å². The van der Waals surface area contributed by atoms with Crippen molar-refractivity contribution < 1.29 is 0 Å². The van der Waals surface area contributed by atoms with Gasteiger partial charge in [-0.15, -0.1) is 0 Å². The standard InChI is InChI=1S/C27H27N3O/c31-27-24(19-23-13-7-8-14-25(23)28-27)20-29-15-17-30(18-16-29)26(21-9-3-1-4-10-21)22-11-5-2-6-12-22/h1-14,19,26H,15-18,20H2,(H,28,31). The number of benzene rings is 3. The van der Waals surface area contributed by atoms with Crippen LogP contribution in [0.1, 0.15) is 22.7 Å². The predicted molar refractivity (Wildman–Crippen MR) is 126 cm³/mol. The van der Waals surface area contributed by atoms with Crippen LogP contribution in [0.5, 0.6) is 0 Å². The van der Waals surface area contributed by atoms with E-state index >= 15 is 0 Å². The second-order valence-corrected chi connectivity index (χ2v) is 8.25. The number of hydrogen-bond acceptors (Lipinski definition) is 3. The van der Waals surface area contributed by atoms with E-state index in [0.717, 1.165) is 42.6 Å². The summed E-state index contributed by atoms with van der Waals surface area (Å²) in [5.41, 5.74) is 4.42.